The van der Waals surface area contributed by atoms with Gasteiger partial charge in [0.25, 0.3) is 0 Å². The molecule has 2 aromatic rings. The van der Waals surface area contributed by atoms with Gasteiger partial charge in [-0.05, 0) is 31.7 Å². The van der Waals surface area contributed by atoms with Gasteiger partial charge in [0.05, 0.1) is 23.4 Å². The molecule has 1 heterocycles. The van der Waals surface area contributed by atoms with Gasteiger partial charge in [-0.15, -0.1) is 11.3 Å². The Hall–Kier alpha value is -1.50. The molecule has 112 valence electrons. The van der Waals surface area contributed by atoms with Crippen LogP contribution in [0, 0.1) is 6.92 Å². The van der Waals surface area contributed by atoms with E-state index in [1.165, 1.54) is 0 Å². The topological polar surface area (TPSA) is 51.4 Å². The maximum absolute atomic E-state index is 5.75. The molecule has 21 heavy (non-hydrogen) atoms. The number of aryl methyl sites for hydroxylation is 1. The Labute approximate surface area is 134 Å². The number of hydrogen-bond donors (Lipinski definition) is 1. The monoisotopic (exact) mass is 321 g/mol. The van der Waals surface area contributed by atoms with Crippen LogP contribution >= 0.6 is 23.6 Å². The zero-order valence-electron chi connectivity index (χ0n) is 12.4. The number of benzene rings is 1. The lowest BCUT2D eigenvalue weighted by atomic mass is 10.1. The predicted molar refractivity (Wildman–Crippen MR) is 90.9 cm³/mol. The van der Waals surface area contributed by atoms with E-state index in [1.54, 1.807) is 18.4 Å². The van der Waals surface area contributed by atoms with Crippen LogP contribution in [0.15, 0.2) is 23.6 Å². The lowest BCUT2D eigenvalue weighted by molar-refractivity contribution is 0.315. The summed E-state index contributed by atoms with van der Waals surface area (Å²) in [6.45, 7) is 3.64. The van der Waals surface area contributed by atoms with Crippen molar-refractivity contribution < 1.29 is 4.74 Å². The number of nitrogens with two attached hydrogens (primary N) is 1. The second-order valence-corrected chi connectivity index (χ2v) is 6.43. The normalized spacial score (nSPS) is 10.9. The molecule has 0 aliphatic rings. The smallest absolute Gasteiger partial charge is 0.129 e. The first kappa shape index (κ1) is 15.9. The summed E-state index contributed by atoms with van der Waals surface area (Å²) in [5, 5.41) is 3.19. The van der Waals surface area contributed by atoms with E-state index in [4.69, 9.17) is 22.7 Å². The van der Waals surface area contributed by atoms with E-state index < -0.39 is 0 Å². The van der Waals surface area contributed by atoms with Gasteiger partial charge in [0, 0.05) is 18.5 Å². The van der Waals surface area contributed by atoms with Crippen LogP contribution in [0.2, 0.25) is 0 Å². The van der Waals surface area contributed by atoms with Gasteiger partial charge in [0.15, 0.2) is 0 Å². The minimum Gasteiger partial charge on any atom is -0.496 e. The lowest BCUT2D eigenvalue weighted by Gasteiger charge is -2.17. The van der Waals surface area contributed by atoms with E-state index in [-0.39, 0.29) is 0 Å². The zero-order chi connectivity index (χ0) is 15.4. The molecule has 2 rings (SSSR count). The highest BCUT2D eigenvalue weighted by molar-refractivity contribution is 7.80. The van der Waals surface area contributed by atoms with Gasteiger partial charge < -0.3 is 10.5 Å². The van der Waals surface area contributed by atoms with Crippen molar-refractivity contribution in [1.82, 2.24) is 9.88 Å². The Kier molecular flexibility index (Phi) is 5.27. The number of ether oxygens (including phenoxy) is 1. The molecular weight excluding hydrogens is 302 g/mol. The molecule has 0 bridgehead atoms. The molecule has 1 aromatic heterocycles. The highest BCUT2D eigenvalue weighted by Crippen LogP contribution is 2.21. The highest BCUT2D eigenvalue weighted by Gasteiger charge is 2.09. The molecule has 0 atom stereocenters. The summed E-state index contributed by atoms with van der Waals surface area (Å²) < 4.78 is 5.28. The molecule has 2 N–H and O–H groups in total. The average molecular weight is 321 g/mol. The number of methoxy groups -OCH3 is 1. The van der Waals surface area contributed by atoms with Crippen molar-refractivity contribution in [2.24, 2.45) is 5.73 Å². The van der Waals surface area contributed by atoms with Gasteiger partial charge in [-0.3, -0.25) is 4.90 Å². The molecule has 0 fully saturated rings. The van der Waals surface area contributed by atoms with Crippen LogP contribution in [0.5, 0.6) is 5.75 Å². The third kappa shape index (κ3) is 4.23. The maximum Gasteiger partial charge on any atom is 0.129 e. The van der Waals surface area contributed by atoms with Crippen molar-refractivity contribution in [3.05, 3.63) is 45.4 Å². The third-order valence-electron chi connectivity index (χ3n) is 3.08. The average Bonchev–Trinajstić information content (AvgIpc) is 2.83. The molecule has 0 aliphatic carbocycles. The summed E-state index contributed by atoms with van der Waals surface area (Å²) in [5.74, 6) is 0.712. The van der Waals surface area contributed by atoms with Gasteiger partial charge in [-0.1, -0.05) is 18.3 Å². The number of thiocarbonyl (C=S) groups is 1. The van der Waals surface area contributed by atoms with Crippen LogP contribution in [0.1, 0.15) is 21.8 Å². The highest BCUT2D eigenvalue weighted by atomic mass is 32.1. The first-order valence-electron chi connectivity index (χ1n) is 6.56. The van der Waals surface area contributed by atoms with Gasteiger partial charge in [-0.25, -0.2) is 4.98 Å². The van der Waals surface area contributed by atoms with Crippen LogP contribution in [-0.4, -0.2) is 29.0 Å². The van der Waals surface area contributed by atoms with E-state index in [0.717, 1.165) is 34.9 Å². The van der Waals surface area contributed by atoms with E-state index >= 15 is 0 Å². The molecule has 6 heteroatoms. The molecular formula is C15H19N3OS2. The fourth-order valence-corrected chi connectivity index (χ4v) is 2.93. The number of aromatic nitrogens is 1. The molecule has 0 radical (unpaired) electrons. The van der Waals surface area contributed by atoms with Crippen molar-refractivity contribution in [2.75, 3.05) is 14.2 Å². The molecule has 0 unspecified atom stereocenters. The Morgan fingerprint density at radius 3 is 2.76 bits per heavy atom. The Morgan fingerprint density at radius 1 is 1.43 bits per heavy atom. The van der Waals surface area contributed by atoms with Gasteiger partial charge in [0.2, 0.25) is 0 Å². The molecule has 0 aliphatic heterocycles. The number of rotatable bonds is 6. The molecule has 0 spiro atoms. The maximum atomic E-state index is 5.75. The van der Waals surface area contributed by atoms with E-state index in [0.29, 0.717) is 10.7 Å². The number of hydrogen-bond acceptors (Lipinski definition) is 5. The fourth-order valence-electron chi connectivity index (χ4n) is 2.17. The van der Waals surface area contributed by atoms with Crippen LogP contribution < -0.4 is 10.5 Å². The lowest BCUT2D eigenvalue weighted by Crippen LogP contribution is -2.18. The van der Waals surface area contributed by atoms with E-state index in [9.17, 15) is 0 Å². The predicted octanol–water partition coefficient (Wildman–Crippen LogP) is 2.73. The number of nitrogens with zero attached hydrogens (tertiary/aromatic N) is 2. The molecule has 0 saturated heterocycles. The van der Waals surface area contributed by atoms with Crippen molar-refractivity contribution >= 4 is 28.5 Å². The summed E-state index contributed by atoms with van der Waals surface area (Å²) in [5.41, 5.74) is 8.77. The Balaban J connectivity index is 2.08. The summed E-state index contributed by atoms with van der Waals surface area (Å²) >= 11 is 6.75. The fraction of sp³-hybridized carbons (Fsp3) is 0.333. The van der Waals surface area contributed by atoms with E-state index in [1.807, 2.05) is 25.1 Å². The summed E-state index contributed by atoms with van der Waals surface area (Å²) in [6.07, 6.45) is 0. The quantitative estimate of drug-likeness (QED) is 0.829. The molecule has 0 saturated carbocycles. The first-order valence-corrected chi connectivity index (χ1v) is 7.84. The summed E-state index contributed by atoms with van der Waals surface area (Å²) in [6, 6.07) is 5.93. The summed E-state index contributed by atoms with van der Waals surface area (Å²) in [4.78, 5) is 7.04. The number of thiazole rings is 1. The van der Waals surface area contributed by atoms with Crippen molar-refractivity contribution in [3.63, 3.8) is 0 Å². The first-order chi connectivity index (χ1) is 9.99. The Bertz CT molecular complexity index is 640. The minimum absolute atomic E-state index is 0.353. The summed E-state index contributed by atoms with van der Waals surface area (Å²) in [7, 11) is 3.69. The van der Waals surface area contributed by atoms with Gasteiger partial charge in [-0.2, -0.15) is 0 Å². The van der Waals surface area contributed by atoms with Crippen LogP contribution in [0.4, 0.5) is 0 Å². The Morgan fingerprint density at radius 2 is 2.19 bits per heavy atom. The third-order valence-corrected chi connectivity index (χ3v) is 4.12. The minimum atomic E-state index is 0.353. The van der Waals surface area contributed by atoms with Crippen LogP contribution in [-0.2, 0) is 13.1 Å². The molecule has 4 nitrogen and oxygen atoms in total. The second kappa shape index (κ2) is 6.98. The van der Waals surface area contributed by atoms with Crippen molar-refractivity contribution in [1.29, 1.82) is 0 Å². The van der Waals surface area contributed by atoms with Gasteiger partial charge >= 0.3 is 0 Å². The SMILES string of the molecule is COc1ccc(CN(C)Cc2csc(C)n2)cc1C(N)=S. The largest absolute Gasteiger partial charge is 0.496 e. The second-order valence-electron chi connectivity index (χ2n) is 4.93. The van der Waals surface area contributed by atoms with Crippen molar-refractivity contribution in [2.45, 2.75) is 20.0 Å². The standard InChI is InChI=1S/C15H19N3OS2/c1-10-17-12(9-21-10)8-18(2)7-11-4-5-14(19-3)13(6-11)15(16)20/h4-6,9H,7-8H2,1-3H3,(H2,16,20). The van der Waals surface area contributed by atoms with Crippen LogP contribution in [0.3, 0.4) is 0 Å². The van der Waals surface area contributed by atoms with Crippen LogP contribution in [0.25, 0.3) is 0 Å². The van der Waals surface area contributed by atoms with Crippen molar-refractivity contribution in [3.8, 4) is 5.75 Å². The molecule has 1 aromatic carbocycles. The van der Waals surface area contributed by atoms with Gasteiger partial charge in [0.1, 0.15) is 10.7 Å². The zero-order valence-corrected chi connectivity index (χ0v) is 14.1. The van der Waals surface area contributed by atoms with E-state index in [2.05, 4.69) is 22.3 Å². The molecule has 0 amide bonds.